The molecular formula is C14H15F3N2O. The van der Waals surface area contributed by atoms with Crippen LogP contribution in [0.2, 0.25) is 0 Å². The van der Waals surface area contributed by atoms with Crippen LogP contribution >= 0.6 is 0 Å². The van der Waals surface area contributed by atoms with Crippen LogP contribution in [0.5, 0.6) is 0 Å². The fraction of sp³-hybridized carbons (Fsp3) is 0.357. The maximum Gasteiger partial charge on any atom is 0.412 e. The molecule has 0 saturated heterocycles. The number of nitrogens with two attached hydrogens (primary N) is 1. The second-order valence-corrected chi connectivity index (χ2v) is 4.80. The van der Waals surface area contributed by atoms with Crippen molar-refractivity contribution < 1.29 is 18.0 Å². The van der Waals surface area contributed by atoms with Gasteiger partial charge in [0, 0.05) is 29.9 Å². The lowest BCUT2D eigenvalue weighted by Crippen LogP contribution is -2.36. The van der Waals surface area contributed by atoms with Crippen molar-refractivity contribution in [1.29, 1.82) is 0 Å². The maximum atomic E-state index is 12.5. The first kappa shape index (κ1) is 14.4. The summed E-state index contributed by atoms with van der Waals surface area (Å²) in [5.41, 5.74) is 6.92. The van der Waals surface area contributed by atoms with E-state index in [-0.39, 0.29) is 25.4 Å². The predicted molar refractivity (Wildman–Crippen MR) is 70.2 cm³/mol. The van der Waals surface area contributed by atoms with E-state index in [0.29, 0.717) is 11.3 Å². The Labute approximate surface area is 114 Å². The third-order valence-corrected chi connectivity index (χ3v) is 3.38. The van der Waals surface area contributed by atoms with Gasteiger partial charge in [0.25, 0.3) is 5.91 Å². The summed E-state index contributed by atoms with van der Waals surface area (Å²) in [6.45, 7) is 1.84. The molecule has 1 heterocycles. The summed E-state index contributed by atoms with van der Waals surface area (Å²) in [6, 6.07) is 4.87. The molecule has 2 rings (SSSR count). The number of hydrogen-bond acceptors (Lipinski definition) is 2. The fourth-order valence-electron chi connectivity index (χ4n) is 2.10. The van der Waals surface area contributed by atoms with Crippen LogP contribution in [-0.2, 0) is 0 Å². The molecule has 0 bridgehead atoms. The minimum absolute atomic E-state index is 0.0168. The highest BCUT2D eigenvalue weighted by molar-refractivity contribution is 5.95. The monoisotopic (exact) mass is 284 g/mol. The van der Waals surface area contributed by atoms with Gasteiger partial charge < -0.3 is 10.6 Å². The van der Waals surface area contributed by atoms with Crippen molar-refractivity contribution in [3.63, 3.8) is 0 Å². The van der Waals surface area contributed by atoms with Crippen molar-refractivity contribution in [3.05, 3.63) is 41.0 Å². The Morgan fingerprint density at radius 2 is 2.05 bits per heavy atom. The van der Waals surface area contributed by atoms with E-state index in [4.69, 9.17) is 5.73 Å². The summed E-state index contributed by atoms with van der Waals surface area (Å²) in [5, 5.41) is 0. The number of aryl methyl sites for hydroxylation is 1. The zero-order valence-electron chi connectivity index (χ0n) is 11.0. The van der Waals surface area contributed by atoms with Crippen molar-refractivity contribution in [2.24, 2.45) is 0 Å². The number of rotatable bonds is 1. The van der Waals surface area contributed by atoms with E-state index < -0.39 is 11.7 Å². The number of nitrogen functional groups attached to an aromatic ring is 1. The molecule has 6 heteroatoms. The molecule has 1 amide bonds. The zero-order valence-corrected chi connectivity index (χ0v) is 11.0. The summed E-state index contributed by atoms with van der Waals surface area (Å²) < 4.78 is 37.5. The third-order valence-electron chi connectivity index (χ3n) is 3.38. The molecule has 0 radical (unpaired) electrons. The van der Waals surface area contributed by atoms with Crippen molar-refractivity contribution in [3.8, 4) is 0 Å². The molecule has 1 aliphatic heterocycles. The lowest BCUT2D eigenvalue weighted by Gasteiger charge is -2.27. The molecule has 1 aromatic carbocycles. The molecule has 0 aromatic heterocycles. The Morgan fingerprint density at radius 3 is 2.55 bits per heavy atom. The molecule has 108 valence electrons. The van der Waals surface area contributed by atoms with Gasteiger partial charge in [0.05, 0.1) is 0 Å². The predicted octanol–water partition coefficient (Wildman–Crippen LogP) is 2.91. The number of carbonyl (C=O) groups excluding carboxylic acids is 1. The fourth-order valence-corrected chi connectivity index (χ4v) is 2.10. The summed E-state index contributed by atoms with van der Waals surface area (Å²) in [6.07, 6.45) is -3.39. The number of carbonyl (C=O) groups is 1. The van der Waals surface area contributed by atoms with Crippen LogP contribution < -0.4 is 5.73 Å². The molecule has 2 N–H and O–H groups in total. The van der Waals surface area contributed by atoms with Crippen molar-refractivity contribution in [2.75, 3.05) is 18.8 Å². The topological polar surface area (TPSA) is 46.3 Å². The van der Waals surface area contributed by atoms with E-state index in [1.54, 1.807) is 25.1 Å². The minimum Gasteiger partial charge on any atom is -0.399 e. The molecular weight excluding hydrogens is 269 g/mol. The SMILES string of the molecule is Cc1cc(C(=O)N2CC=C(C(F)(F)F)CC2)ccc1N. The van der Waals surface area contributed by atoms with E-state index in [1.807, 2.05) is 0 Å². The molecule has 0 saturated carbocycles. The number of nitrogens with zero attached hydrogens (tertiary/aromatic N) is 1. The van der Waals surface area contributed by atoms with E-state index in [1.165, 1.54) is 4.90 Å². The van der Waals surface area contributed by atoms with Gasteiger partial charge in [-0.25, -0.2) is 0 Å². The first-order valence-corrected chi connectivity index (χ1v) is 6.20. The second kappa shape index (κ2) is 5.19. The van der Waals surface area contributed by atoms with E-state index >= 15 is 0 Å². The van der Waals surface area contributed by atoms with Crippen LogP contribution in [0.1, 0.15) is 22.3 Å². The lowest BCUT2D eigenvalue weighted by molar-refractivity contribution is -0.0957. The van der Waals surface area contributed by atoms with Crippen molar-refractivity contribution >= 4 is 11.6 Å². The summed E-state index contributed by atoms with van der Waals surface area (Å²) >= 11 is 0. The Balaban J connectivity index is 2.12. The van der Waals surface area contributed by atoms with Crippen molar-refractivity contribution in [2.45, 2.75) is 19.5 Å². The highest BCUT2D eigenvalue weighted by Gasteiger charge is 2.35. The van der Waals surface area contributed by atoms with Crippen LogP contribution in [-0.4, -0.2) is 30.1 Å². The normalized spacial score (nSPS) is 16.0. The van der Waals surface area contributed by atoms with Gasteiger partial charge in [-0.2, -0.15) is 13.2 Å². The molecule has 1 aliphatic rings. The first-order valence-electron chi connectivity index (χ1n) is 6.20. The van der Waals surface area contributed by atoms with Gasteiger partial charge in [0.1, 0.15) is 0 Å². The summed E-state index contributed by atoms with van der Waals surface area (Å²) in [4.78, 5) is 13.6. The van der Waals surface area contributed by atoms with Gasteiger partial charge in [0.2, 0.25) is 0 Å². The standard InChI is InChI=1S/C14H15F3N2O/c1-9-8-10(2-3-12(9)18)13(20)19-6-4-11(5-7-19)14(15,16)17/h2-4,8H,5-7,18H2,1H3. The Hall–Kier alpha value is -1.98. The molecule has 0 atom stereocenters. The average molecular weight is 284 g/mol. The first-order chi connectivity index (χ1) is 9.29. The molecule has 0 aliphatic carbocycles. The molecule has 3 nitrogen and oxygen atoms in total. The number of benzene rings is 1. The van der Waals surface area contributed by atoms with Crippen LogP contribution in [0.25, 0.3) is 0 Å². The molecule has 0 spiro atoms. The van der Waals surface area contributed by atoms with Crippen LogP contribution in [0.3, 0.4) is 0 Å². The third kappa shape index (κ3) is 2.95. The van der Waals surface area contributed by atoms with Gasteiger partial charge in [-0.15, -0.1) is 0 Å². The largest absolute Gasteiger partial charge is 0.412 e. The van der Waals surface area contributed by atoms with Crippen LogP contribution in [0.15, 0.2) is 29.8 Å². The van der Waals surface area contributed by atoms with Gasteiger partial charge >= 0.3 is 6.18 Å². The highest BCUT2D eigenvalue weighted by Crippen LogP contribution is 2.30. The smallest absolute Gasteiger partial charge is 0.399 e. The second-order valence-electron chi connectivity index (χ2n) is 4.80. The Bertz CT molecular complexity index is 564. The Kier molecular flexibility index (Phi) is 3.74. The van der Waals surface area contributed by atoms with E-state index in [0.717, 1.165) is 11.6 Å². The van der Waals surface area contributed by atoms with Crippen LogP contribution in [0.4, 0.5) is 18.9 Å². The molecule has 0 fully saturated rings. The summed E-state index contributed by atoms with van der Waals surface area (Å²) in [7, 11) is 0. The quantitative estimate of drug-likeness (QED) is 0.636. The van der Waals surface area contributed by atoms with Gasteiger partial charge in [-0.05, 0) is 37.1 Å². The number of halogens is 3. The maximum absolute atomic E-state index is 12.5. The van der Waals surface area contributed by atoms with Gasteiger partial charge in [0.15, 0.2) is 0 Å². The molecule has 20 heavy (non-hydrogen) atoms. The summed E-state index contributed by atoms with van der Waals surface area (Å²) in [5.74, 6) is -0.273. The Morgan fingerprint density at radius 1 is 1.35 bits per heavy atom. The van der Waals surface area contributed by atoms with E-state index in [2.05, 4.69) is 0 Å². The minimum atomic E-state index is -4.30. The van der Waals surface area contributed by atoms with Crippen LogP contribution in [0, 0.1) is 6.92 Å². The zero-order chi connectivity index (χ0) is 14.9. The lowest BCUT2D eigenvalue weighted by atomic mass is 10.1. The van der Waals surface area contributed by atoms with Gasteiger partial charge in [-0.3, -0.25) is 4.79 Å². The van der Waals surface area contributed by atoms with Crippen molar-refractivity contribution in [1.82, 2.24) is 4.90 Å². The number of anilines is 1. The number of alkyl halides is 3. The van der Waals surface area contributed by atoms with E-state index in [9.17, 15) is 18.0 Å². The molecule has 1 aromatic rings. The number of hydrogen-bond donors (Lipinski definition) is 1. The highest BCUT2D eigenvalue weighted by atomic mass is 19.4. The van der Waals surface area contributed by atoms with Gasteiger partial charge in [-0.1, -0.05) is 6.08 Å². The average Bonchev–Trinajstić information content (AvgIpc) is 2.40. The molecule has 0 unspecified atom stereocenters. The number of amides is 1.